The van der Waals surface area contributed by atoms with E-state index in [0.29, 0.717) is 0 Å². The Morgan fingerprint density at radius 2 is 1.68 bits per heavy atom. The maximum atomic E-state index is 10.6. The highest BCUT2D eigenvalue weighted by molar-refractivity contribution is 7.12. The van der Waals surface area contributed by atoms with Crippen molar-refractivity contribution >= 4 is 22.1 Å². The molecule has 0 bridgehead atoms. The zero-order valence-corrected chi connectivity index (χ0v) is 11.9. The van der Waals surface area contributed by atoms with E-state index >= 15 is 0 Å². The minimum atomic E-state index is -0.533. The Kier molecular flexibility index (Phi) is 3.13. The van der Waals surface area contributed by atoms with E-state index in [9.17, 15) is 5.11 Å². The summed E-state index contributed by atoms with van der Waals surface area (Å²) in [6.45, 7) is 4.14. The van der Waals surface area contributed by atoms with Crippen LogP contribution in [0.5, 0.6) is 0 Å². The van der Waals surface area contributed by atoms with Gasteiger partial charge in [-0.3, -0.25) is 0 Å². The van der Waals surface area contributed by atoms with E-state index in [1.807, 2.05) is 18.2 Å². The number of aliphatic hydroxyl groups excluding tert-OH is 1. The van der Waals surface area contributed by atoms with Crippen molar-refractivity contribution in [1.29, 1.82) is 0 Å². The highest BCUT2D eigenvalue weighted by atomic mass is 32.1. The summed E-state index contributed by atoms with van der Waals surface area (Å²) in [5.74, 6) is 0. The van der Waals surface area contributed by atoms with E-state index in [-0.39, 0.29) is 0 Å². The van der Waals surface area contributed by atoms with E-state index < -0.39 is 6.10 Å². The third-order valence-electron chi connectivity index (χ3n) is 3.46. The van der Waals surface area contributed by atoms with Crippen LogP contribution in [0, 0.1) is 13.8 Å². The van der Waals surface area contributed by atoms with Crippen molar-refractivity contribution in [3.63, 3.8) is 0 Å². The Bertz CT molecular complexity index is 727. The van der Waals surface area contributed by atoms with Gasteiger partial charge in [0.1, 0.15) is 6.10 Å². The lowest BCUT2D eigenvalue weighted by Gasteiger charge is -2.12. The second-order valence-corrected chi connectivity index (χ2v) is 6.34. The molecule has 19 heavy (non-hydrogen) atoms. The van der Waals surface area contributed by atoms with Gasteiger partial charge in [0.15, 0.2) is 0 Å². The van der Waals surface area contributed by atoms with Crippen molar-refractivity contribution in [1.82, 2.24) is 0 Å². The van der Waals surface area contributed by atoms with Crippen molar-refractivity contribution in [2.45, 2.75) is 20.0 Å². The molecular formula is C17H16OS. The van der Waals surface area contributed by atoms with Gasteiger partial charge >= 0.3 is 0 Å². The third-order valence-corrected chi connectivity index (χ3v) is 4.44. The van der Waals surface area contributed by atoms with Gasteiger partial charge in [0.2, 0.25) is 0 Å². The standard InChI is InChI=1S/C17H16OS/c1-11-9-16(12(2)19-11)17(18)15-8-7-13-5-3-4-6-14(13)10-15/h3-10,17-18H,1-2H3. The van der Waals surface area contributed by atoms with E-state index in [0.717, 1.165) is 11.1 Å². The zero-order chi connectivity index (χ0) is 13.4. The molecule has 1 atom stereocenters. The first-order valence-electron chi connectivity index (χ1n) is 6.39. The van der Waals surface area contributed by atoms with Crippen molar-refractivity contribution in [3.05, 3.63) is 69.4 Å². The van der Waals surface area contributed by atoms with Gasteiger partial charge in [-0.15, -0.1) is 11.3 Å². The fourth-order valence-corrected chi connectivity index (χ4v) is 3.44. The van der Waals surface area contributed by atoms with Crippen molar-refractivity contribution < 1.29 is 5.11 Å². The molecule has 0 spiro atoms. The van der Waals surface area contributed by atoms with E-state index in [1.165, 1.54) is 20.5 Å². The molecule has 1 unspecified atom stereocenters. The summed E-state index contributed by atoms with van der Waals surface area (Å²) in [6.07, 6.45) is -0.533. The fourth-order valence-electron chi connectivity index (χ4n) is 2.48. The number of aliphatic hydroxyl groups is 1. The lowest BCUT2D eigenvalue weighted by molar-refractivity contribution is 0.220. The summed E-state index contributed by atoms with van der Waals surface area (Å²) in [5, 5.41) is 12.9. The lowest BCUT2D eigenvalue weighted by atomic mass is 9.99. The molecule has 0 saturated carbocycles. The van der Waals surface area contributed by atoms with Gasteiger partial charge < -0.3 is 5.11 Å². The first kappa shape index (κ1) is 12.4. The number of thiophene rings is 1. The SMILES string of the molecule is Cc1cc(C(O)c2ccc3ccccc3c2)c(C)s1. The molecule has 1 nitrogen and oxygen atoms in total. The lowest BCUT2D eigenvalue weighted by Crippen LogP contribution is -1.99. The molecule has 0 aliphatic rings. The van der Waals surface area contributed by atoms with Gasteiger partial charge in [-0.25, -0.2) is 0 Å². The largest absolute Gasteiger partial charge is 0.384 e. The molecule has 1 aromatic heterocycles. The molecule has 0 radical (unpaired) electrons. The highest BCUT2D eigenvalue weighted by Crippen LogP contribution is 2.31. The minimum Gasteiger partial charge on any atom is -0.384 e. The van der Waals surface area contributed by atoms with Crippen LogP contribution in [0.3, 0.4) is 0 Å². The summed E-state index contributed by atoms with van der Waals surface area (Å²) < 4.78 is 0. The van der Waals surface area contributed by atoms with E-state index in [4.69, 9.17) is 0 Å². The molecule has 0 aliphatic carbocycles. The number of rotatable bonds is 2. The van der Waals surface area contributed by atoms with E-state index in [2.05, 4.69) is 44.2 Å². The highest BCUT2D eigenvalue weighted by Gasteiger charge is 2.15. The van der Waals surface area contributed by atoms with Crippen LogP contribution in [0.15, 0.2) is 48.5 Å². The Balaban J connectivity index is 2.06. The van der Waals surface area contributed by atoms with Crippen LogP contribution >= 0.6 is 11.3 Å². The third kappa shape index (κ3) is 2.29. The Morgan fingerprint density at radius 1 is 0.947 bits per heavy atom. The maximum Gasteiger partial charge on any atom is 0.105 e. The number of benzene rings is 2. The van der Waals surface area contributed by atoms with E-state index in [1.54, 1.807) is 11.3 Å². The second kappa shape index (κ2) is 4.80. The van der Waals surface area contributed by atoms with Crippen LogP contribution in [0.4, 0.5) is 0 Å². The molecule has 0 amide bonds. The van der Waals surface area contributed by atoms with Crippen LogP contribution in [0.2, 0.25) is 0 Å². The average molecular weight is 268 g/mol. The van der Waals surface area contributed by atoms with Gasteiger partial charge in [0.25, 0.3) is 0 Å². The molecule has 0 aliphatic heterocycles. The molecule has 1 heterocycles. The molecule has 0 saturated heterocycles. The van der Waals surface area contributed by atoms with Crippen molar-refractivity contribution in [2.24, 2.45) is 0 Å². The summed E-state index contributed by atoms with van der Waals surface area (Å²) in [5.41, 5.74) is 1.98. The predicted octanol–water partition coefficient (Wildman–Crippen LogP) is 4.60. The smallest absolute Gasteiger partial charge is 0.105 e. The molecule has 3 aromatic rings. The molecule has 1 N–H and O–H groups in total. The van der Waals surface area contributed by atoms with Crippen LogP contribution in [0.25, 0.3) is 10.8 Å². The van der Waals surface area contributed by atoms with Gasteiger partial charge in [-0.05, 0) is 47.9 Å². The first-order valence-corrected chi connectivity index (χ1v) is 7.20. The average Bonchev–Trinajstić information content (AvgIpc) is 2.76. The van der Waals surface area contributed by atoms with Crippen LogP contribution in [-0.2, 0) is 0 Å². The Hall–Kier alpha value is -1.64. The molecule has 96 valence electrons. The normalized spacial score (nSPS) is 12.8. The van der Waals surface area contributed by atoms with Crippen LogP contribution < -0.4 is 0 Å². The predicted molar refractivity (Wildman–Crippen MR) is 81.8 cm³/mol. The minimum absolute atomic E-state index is 0.533. The van der Waals surface area contributed by atoms with Gasteiger partial charge in [0.05, 0.1) is 0 Å². The van der Waals surface area contributed by atoms with Crippen molar-refractivity contribution in [3.8, 4) is 0 Å². The Morgan fingerprint density at radius 3 is 2.37 bits per heavy atom. The molecule has 2 heteroatoms. The number of fused-ring (bicyclic) bond motifs is 1. The number of hydrogen-bond donors (Lipinski definition) is 1. The summed E-state index contributed by atoms with van der Waals surface area (Å²) in [4.78, 5) is 2.44. The molecular weight excluding hydrogens is 252 g/mol. The van der Waals surface area contributed by atoms with Gasteiger partial charge in [-0.2, -0.15) is 0 Å². The summed E-state index contributed by atoms with van der Waals surface area (Å²) in [6, 6.07) is 16.5. The second-order valence-electron chi connectivity index (χ2n) is 4.88. The van der Waals surface area contributed by atoms with Crippen LogP contribution in [-0.4, -0.2) is 5.11 Å². The van der Waals surface area contributed by atoms with Crippen LogP contribution in [0.1, 0.15) is 27.0 Å². The maximum absolute atomic E-state index is 10.6. The summed E-state index contributed by atoms with van der Waals surface area (Å²) in [7, 11) is 0. The topological polar surface area (TPSA) is 20.2 Å². The molecule has 0 fully saturated rings. The summed E-state index contributed by atoms with van der Waals surface area (Å²) >= 11 is 1.74. The quantitative estimate of drug-likeness (QED) is 0.720. The Labute approximate surface area is 117 Å². The number of aryl methyl sites for hydroxylation is 2. The van der Waals surface area contributed by atoms with Gasteiger partial charge in [0, 0.05) is 9.75 Å². The first-order chi connectivity index (χ1) is 9.15. The monoisotopic (exact) mass is 268 g/mol. The molecule has 3 rings (SSSR count). The number of hydrogen-bond acceptors (Lipinski definition) is 2. The van der Waals surface area contributed by atoms with Gasteiger partial charge in [-0.1, -0.05) is 36.4 Å². The molecule has 2 aromatic carbocycles. The fraction of sp³-hybridized carbons (Fsp3) is 0.176. The van der Waals surface area contributed by atoms with Crippen molar-refractivity contribution in [2.75, 3.05) is 0 Å². The zero-order valence-electron chi connectivity index (χ0n) is 11.1.